The fraction of sp³-hybridized carbons (Fsp3) is 0.265. The maximum absolute atomic E-state index is 12.6. The van der Waals surface area contributed by atoms with Crippen molar-refractivity contribution < 1.29 is 19.4 Å². The molecule has 0 saturated carbocycles. The van der Waals surface area contributed by atoms with Crippen LogP contribution in [0.5, 0.6) is 5.75 Å². The lowest BCUT2D eigenvalue weighted by molar-refractivity contribution is -0.160. The third-order valence-corrected chi connectivity index (χ3v) is 8.70. The molecule has 1 aliphatic rings. The van der Waals surface area contributed by atoms with Gasteiger partial charge in [0.25, 0.3) is 0 Å². The largest absolute Gasteiger partial charge is 0.488 e. The maximum Gasteiger partial charge on any atom is 0.337 e. The summed E-state index contributed by atoms with van der Waals surface area (Å²) in [4.78, 5) is 24.7. The number of carbonyl (C=O) groups is 1. The van der Waals surface area contributed by atoms with Gasteiger partial charge >= 0.3 is 5.97 Å². The lowest BCUT2D eigenvalue weighted by Gasteiger charge is -2.28. The van der Waals surface area contributed by atoms with Gasteiger partial charge in [0, 0.05) is 34.3 Å². The number of fused-ring (bicyclic) bond motifs is 2. The zero-order valence-electron chi connectivity index (χ0n) is 24.6. The minimum Gasteiger partial charge on any atom is -0.488 e. The second-order valence-electron chi connectivity index (χ2n) is 11.7. The molecule has 0 amide bonds. The van der Waals surface area contributed by atoms with E-state index in [0.29, 0.717) is 17.2 Å². The van der Waals surface area contributed by atoms with Crippen molar-refractivity contribution in [3.63, 3.8) is 0 Å². The highest BCUT2D eigenvalue weighted by molar-refractivity contribution is 7.22. The van der Waals surface area contributed by atoms with Crippen molar-refractivity contribution in [2.75, 3.05) is 25.1 Å². The first kappa shape index (κ1) is 29.1. The van der Waals surface area contributed by atoms with E-state index >= 15 is 0 Å². The lowest BCUT2D eigenvalue weighted by Crippen LogP contribution is -2.29. The number of likely N-dealkylation sites (N-methyl/N-ethyl adjacent to an activating group) is 1. The molecule has 43 heavy (non-hydrogen) atoms. The summed E-state index contributed by atoms with van der Waals surface area (Å²) < 4.78 is 12.8. The van der Waals surface area contributed by atoms with E-state index in [1.165, 1.54) is 11.3 Å². The van der Waals surface area contributed by atoms with Gasteiger partial charge in [0.05, 0.1) is 28.1 Å². The Kier molecular flexibility index (Phi) is 7.62. The first-order chi connectivity index (χ1) is 20.5. The van der Waals surface area contributed by atoms with Crippen LogP contribution in [0.25, 0.3) is 43.2 Å². The van der Waals surface area contributed by atoms with Gasteiger partial charge in [0.15, 0.2) is 17.7 Å². The van der Waals surface area contributed by atoms with Crippen molar-refractivity contribution in [1.82, 2.24) is 9.97 Å². The van der Waals surface area contributed by atoms with Gasteiger partial charge in [0.1, 0.15) is 11.6 Å². The molecule has 0 bridgehead atoms. The van der Waals surface area contributed by atoms with Crippen LogP contribution in [0.3, 0.4) is 0 Å². The molecule has 0 fully saturated rings. The van der Waals surface area contributed by atoms with Crippen LogP contribution in [0, 0.1) is 6.92 Å². The normalized spacial score (nSPS) is 14.0. The number of pyridine rings is 1. The summed E-state index contributed by atoms with van der Waals surface area (Å²) in [5.41, 5.74) is 5.95. The second kappa shape index (κ2) is 11.3. The average Bonchev–Trinajstić information content (AvgIpc) is 3.39. The Morgan fingerprint density at radius 1 is 1.05 bits per heavy atom. The van der Waals surface area contributed by atoms with Gasteiger partial charge in [0.2, 0.25) is 0 Å². The van der Waals surface area contributed by atoms with Gasteiger partial charge < -0.3 is 19.5 Å². The van der Waals surface area contributed by atoms with E-state index in [9.17, 15) is 9.90 Å². The number of rotatable bonds is 6. The van der Waals surface area contributed by atoms with Crippen LogP contribution in [-0.2, 0) is 9.53 Å². The van der Waals surface area contributed by atoms with E-state index < -0.39 is 17.7 Å². The molecule has 5 aromatic rings. The Morgan fingerprint density at radius 2 is 1.79 bits per heavy atom. The number of halogens is 1. The molecule has 0 saturated heterocycles. The fourth-order valence-corrected chi connectivity index (χ4v) is 6.60. The molecule has 9 heteroatoms. The number of nitrogens with zero attached hydrogens (tertiary/aromatic N) is 3. The van der Waals surface area contributed by atoms with Gasteiger partial charge in [-0.1, -0.05) is 41.9 Å². The number of aromatic nitrogens is 2. The lowest BCUT2D eigenvalue weighted by atomic mass is 9.91. The molecule has 0 unspecified atom stereocenters. The van der Waals surface area contributed by atoms with Gasteiger partial charge in [-0.25, -0.2) is 14.8 Å². The SMILES string of the molecule is Cc1cc2nc(-c3cccc(-c4ccc5c(n4)N(C)CCO5)c3)sc2c(-c2ccc(Cl)cc2)c1[C@H](OC(C)(C)C)C(=O)O. The Hall–Kier alpha value is -3.98. The molecule has 0 radical (unpaired) electrons. The average molecular weight is 614 g/mol. The number of hydrogen-bond acceptors (Lipinski definition) is 7. The number of hydrogen-bond donors (Lipinski definition) is 1. The number of thiazole rings is 1. The molecule has 220 valence electrons. The number of anilines is 1. The van der Waals surface area contributed by atoms with Crippen LogP contribution < -0.4 is 9.64 Å². The zero-order valence-corrected chi connectivity index (χ0v) is 26.2. The first-order valence-corrected chi connectivity index (χ1v) is 15.2. The van der Waals surface area contributed by atoms with E-state index in [-0.39, 0.29) is 0 Å². The van der Waals surface area contributed by atoms with Crippen LogP contribution in [-0.4, -0.2) is 46.8 Å². The Balaban J connectivity index is 1.51. The van der Waals surface area contributed by atoms with Gasteiger partial charge in [-0.2, -0.15) is 0 Å². The Morgan fingerprint density at radius 3 is 2.51 bits per heavy atom. The standard InChI is InChI=1S/C34H32ClN3O4S/c1-19-17-25-30(28(20-9-11-23(35)12-10-20)27(19)29(33(39)40)42-34(2,3)4)43-32(37-25)22-8-6-7-21(18-22)24-13-14-26-31(36-24)38(5)15-16-41-26/h6-14,17-18,29H,15-16H2,1-5H3,(H,39,40)/t29-/m0/s1. The predicted octanol–water partition coefficient (Wildman–Crippen LogP) is 8.42. The summed E-state index contributed by atoms with van der Waals surface area (Å²) in [5, 5.41) is 11.8. The minimum absolute atomic E-state index is 0.602. The minimum atomic E-state index is -1.17. The number of aliphatic carboxylic acids is 1. The number of carboxylic acids is 1. The third-order valence-electron chi connectivity index (χ3n) is 7.31. The zero-order chi connectivity index (χ0) is 30.5. The van der Waals surface area contributed by atoms with Crippen LogP contribution in [0.2, 0.25) is 5.02 Å². The molecular weight excluding hydrogens is 582 g/mol. The molecule has 7 nitrogen and oxygen atoms in total. The molecule has 3 aromatic carbocycles. The van der Waals surface area contributed by atoms with Crippen molar-refractivity contribution in [3.8, 4) is 38.7 Å². The van der Waals surface area contributed by atoms with Crippen molar-refractivity contribution >= 4 is 44.9 Å². The quantitative estimate of drug-likeness (QED) is 0.206. The summed E-state index contributed by atoms with van der Waals surface area (Å²) in [6, 6.07) is 21.5. The van der Waals surface area contributed by atoms with Crippen LogP contribution >= 0.6 is 22.9 Å². The third kappa shape index (κ3) is 5.83. The van der Waals surface area contributed by atoms with Crippen molar-refractivity contribution in [3.05, 3.63) is 82.9 Å². The molecular formula is C34H32ClN3O4S. The molecule has 3 heterocycles. The number of carboxylic acid groups (broad SMARTS) is 1. The molecule has 1 N–H and O–H groups in total. The first-order valence-electron chi connectivity index (χ1n) is 14.0. The molecule has 6 rings (SSSR count). The number of aryl methyl sites for hydroxylation is 1. The number of benzene rings is 3. The van der Waals surface area contributed by atoms with Crippen LogP contribution in [0.1, 0.15) is 38.0 Å². The smallest absolute Gasteiger partial charge is 0.337 e. The molecule has 2 aromatic heterocycles. The Labute approximate surface area is 259 Å². The summed E-state index contributed by atoms with van der Waals surface area (Å²) in [6.45, 7) is 8.93. The fourth-order valence-electron chi connectivity index (χ4n) is 5.35. The Bertz CT molecular complexity index is 1850. The second-order valence-corrected chi connectivity index (χ2v) is 13.1. The summed E-state index contributed by atoms with van der Waals surface area (Å²) in [5.74, 6) is 0.574. The van der Waals surface area contributed by atoms with E-state index in [0.717, 1.165) is 66.8 Å². The van der Waals surface area contributed by atoms with Crippen LogP contribution in [0.4, 0.5) is 5.82 Å². The van der Waals surface area contributed by atoms with Gasteiger partial charge in [-0.3, -0.25) is 0 Å². The summed E-state index contributed by atoms with van der Waals surface area (Å²) in [7, 11) is 2.02. The van der Waals surface area contributed by atoms with Crippen molar-refractivity contribution in [2.45, 2.75) is 39.4 Å². The molecule has 1 aliphatic heterocycles. The monoisotopic (exact) mass is 613 g/mol. The highest BCUT2D eigenvalue weighted by Gasteiger charge is 2.32. The number of ether oxygens (including phenoxy) is 2. The topological polar surface area (TPSA) is 84.8 Å². The molecule has 0 spiro atoms. The van der Waals surface area contributed by atoms with Gasteiger partial charge in [-0.05, 0) is 75.2 Å². The molecule has 0 aliphatic carbocycles. The van der Waals surface area contributed by atoms with E-state index in [1.54, 1.807) is 0 Å². The van der Waals surface area contributed by atoms with E-state index in [1.807, 2.05) is 95.4 Å². The highest BCUT2D eigenvalue weighted by Crippen LogP contribution is 2.45. The van der Waals surface area contributed by atoms with Crippen molar-refractivity contribution in [1.29, 1.82) is 0 Å². The van der Waals surface area contributed by atoms with E-state index in [2.05, 4.69) is 11.0 Å². The maximum atomic E-state index is 12.6. The predicted molar refractivity (Wildman–Crippen MR) is 173 cm³/mol. The van der Waals surface area contributed by atoms with E-state index in [4.69, 9.17) is 31.0 Å². The van der Waals surface area contributed by atoms with Gasteiger partial charge in [-0.15, -0.1) is 11.3 Å². The van der Waals surface area contributed by atoms with Crippen molar-refractivity contribution in [2.24, 2.45) is 0 Å². The van der Waals surface area contributed by atoms with Crippen LogP contribution in [0.15, 0.2) is 66.7 Å². The summed E-state index contributed by atoms with van der Waals surface area (Å²) >= 11 is 7.77. The summed E-state index contributed by atoms with van der Waals surface area (Å²) in [6.07, 6.45) is -1.17. The molecule has 1 atom stereocenters. The highest BCUT2D eigenvalue weighted by atomic mass is 35.5.